The molecule has 0 aromatic heterocycles. The van der Waals surface area contributed by atoms with Gasteiger partial charge >= 0.3 is 6.03 Å². The van der Waals surface area contributed by atoms with Gasteiger partial charge in [0.25, 0.3) is 0 Å². The second kappa shape index (κ2) is 6.64. The second-order valence-corrected chi connectivity index (χ2v) is 9.84. The number of hydrogen-bond acceptors (Lipinski definition) is 3. The Labute approximate surface area is 157 Å². The molecule has 1 aromatic rings. The number of carbonyl (C=O) groups is 1. The standard InChI is InChI=1S/C20H27N3O2S/c24-20(22-26(25)16-11-23(12-16)10-13-7-8-13)21-19-17-5-1-3-14(17)9-15-4-2-6-18(15)19/h9,13,16H,1-8,10-12H2,(H2,21,22,24). The van der Waals surface area contributed by atoms with E-state index in [2.05, 4.69) is 21.0 Å². The van der Waals surface area contributed by atoms with Crippen LogP contribution in [0.5, 0.6) is 0 Å². The fourth-order valence-electron chi connectivity index (χ4n) is 4.75. The summed E-state index contributed by atoms with van der Waals surface area (Å²) in [5, 5.41) is 3.15. The van der Waals surface area contributed by atoms with Gasteiger partial charge in [0, 0.05) is 25.3 Å². The van der Waals surface area contributed by atoms with Crippen molar-refractivity contribution in [1.82, 2.24) is 9.62 Å². The van der Waals surface area contributed by atoms with Crippen LogP contribution in [0.4, 0.5) is 10.5 Å². The zero-order chi connectivity index (χ0) is 17.7. The van der Waals surface area contributed by atoms with Gasteiger partial charge in [-0.3, -0.25) is 4.72 Å². The van der Waals surface area contributed by atoms with Gasteiger partial charge in [0.1, 0.15) is 11.0 Å². The minimum absolute atomic E-state index is 0.0757. The first-order valence-corrected chi connectivity index (χ1v) is 11.3. The van der Waals surface area contributed by atoms with Crippen molar-refractivity contribution in [2.24, 2.45) is 5.92 Å². The molecule has 0 radical (unpaired) electrons. The maximum atomic E-state index is 12.5. The number of carbonyl (C=O) groups excluding carboxylic acids is 1. The summed E-state index contributed by atoms with van der Waals surface area (Å²) in [7, 11) is -1.30. The van der Waals surface area contributed by atoms with Crippen molar-refractivity contribution in [3.8, 4) is 0 Å². The van der Waals surface area contributed by atoms with E-state index in [-0.39, 0.29) is 11.3 Å². The van der Waals surface area contributed by atoms with Crippen molar-refractivity contribution in [1.29, 1.82) is 0 Å². The average Bonchev–Trinajstić information content (AvgIpc) is 3.06. The van der Waals surface area contributed by atoms with Gasteiger partial charge in [0.15, 0.2) is 0 Å². The highest BCUT2D eigenvalue weighted by atomic mass is 32.2. The predicted octanol–water partition coefficient (Wildman–Crippen LogP) is 2.54. The summed E-state index contributed by atoms with van der Waals surface area (Å²) >= 11 is 0. The monoisotopic (exact) mass is 373 g/mol. The largest absolute Gasteiger partial charge is 0.331 e. The first kappa shape index (κ1) is 16.8. The van der Waals surface area contributed by atoms with E-state index in [4.69, 9.17) is 0 Å². The fourth-order valence-corrected chi connectivity index (χ4v) is 5.85. The summed E-state index contributed by atoms with van der Waals surface area (Å²) in [6, 6.07) is 2.05. The van der Waals surface area contributed by atoms with Crippen LogP contribution in [0, 0.1) is 5.92 Å². The quantitative estimate of drug-likeness (QED) is 0.834. The van der Waals surface area contributed by atoms with E-state index in [9.17, 15) is 9.00 Å². The third kappa shape index (κ3) is 3.18. The van der Waals surface area contributed by atoms with Crippen LogP contribution < -0.4 is 10.0 Å². The molecular formula is C20H27N3O2S. The predicted molar refractivity (Wildman–Crippen MR) is 104 cm³/mol. The molecule has 1 atom stereocenters. The molecule has 140 valence electrons. The Balaban J connectivity index is 1.22. The molecule has 1 aromatic carbocycles. The lowest BCUT2D eigenvalue weighted by molar-refractivity contribution is 0.179. The molecule has 1 aliphatic heterocycles. The van der Waals surface area contributed by atoms with Gasteiger partial charge in [-0.1, -0.05) is 6.07 Å². The number of aryl methyl sites for hydroxylation is 2. The Hall–Kier alpha value is -1.40. The third-order valence-electron chi connectivity index (χ3n) is 6.34. The van der Waals surface area contributed by atoms with Crippen molar-refractivity contribution < 1.29 is 9.00 Å². The minimum Gasteiger partial charge on any atom is -0.307 e. The van der Waals surface area contributed by atoms with Gasteiger partial charge in [-0.15, -0.1) is 0 Å². The summed E-state index contributed by atoms with van der Waals surface area (Å²) < 4.78 is 15.2. The van der Waals surface area contributed by atoms with Crippen LogP contribution >= 0.6 is 0 Å². The Morgan fingerprint density at radius 3 is 2.35 bits per heavy atom. The SMILES string of the molecule is O=C(Nc1c2c(cc3c1CCC3)CCC2)NS(=O)C1CN(CC2CC2)C1. The number of likely N-dealkylation sites (tertiary alicyclic amines) is 1. The Morgan fingerprint density at radius 1 is 1.08 bits per heavy atom. The normalized spacial score (nSPS) is 23.2. The van der Waals surface area contributed by atoms with Gasteiger partial charge in [0.2, 0.25) is 0 Å². The van der Waals surface area contributed by atoms with Crippen LogP contribution in [-0.2, 0) is 36.7 Å². The number of rotatable bonds is 5. The van der Waals surface area contributed by atoms with Gasteiger partial charge in [0.05, 0.1) is 5.25 Å². The number of benzene rings is 1. The number of nitrogens with zero attached hydrogens (tertiary/aromatic N) is 1. The van der Waals surface area contributed by atoms with E-state index in [1.165, 1.54) is 47.9 Å². The highest BCUT2D eigenvalue weighted by molar-refractivity contribution is 7.84. The second-order valence-electron chi connectivity index (χ2n) is 8.37. The number of fused-ring (bicyclic) bond motifs is 2. The summed E-state index contributed by atoms with van der Waals surface area (Å²) in [5.74, 6) is 0.864. The van der Waals surface area contributed by atoms with E-state index >= 15 is 0 Å². The molecule has 1 heterocycles. The van der Waals surface area contributed by atoms with Crippen LogP contribution in [0.25, 0.3) is 0 Å². The van der Waals surface area contributed by atoms with E-state index in [1.54, 1.807) is 0 Å². The molecule has 1 saturated heterocycles. The maximum absolute atomic E-state index is 12.5. The van der Waals surface area contributed by atoms with E-state index < -0.39 is 11.0 Å². The number of anilines is 1. The lowest BCUT2D eigenvalue weighted by Crippen LogP contribution is -2.56. The highest BCUT2D eigenvalue weighted by Gasteiger charge is 2.36. The van der Waals surface area contributed by atoms with E-state index in [1.807, 2.05) is 0 Å². The fraction of sp³-hybridized carbons (Fsp3) is 0.650. The third-order valence-corrected chi connectivity index (χ3v) is 7.63. The lowest BCUT2D eigenvalue weighted by Gasteiger charge is -2.38. The Kier molecular flexibility index (Phi) is 4.28. The van der Waals surface area contributed by atoms with E-state index in [0.29, 0.717) is 0 Å². The molecule has 2 N–H and O–H groups in total. The summed E-state index contributed by atoms with van der Waals surface area (Å²) in [6.45, 7) is 2.83. The number of urea groups is 1. The van der Waals surface area contributed by atoms with Crippen molar-refractivity contribution in [2.45, 2.75) is 56.6 Å². The number of hydrogen-bond donors (Lipinski definition) is 2. The molecule has 26 heavy (non-hydrogen) atoms. The molecule has 5 nitrogen and oxygen atoms in total. The van der Waals surface area contributed by atoms with Crippen LogP contribution in [0.3, 0.4) is 0 Å². The number of nitrogens with one attached hydrogen (secondary N) is 2. The van der Waals surface area contributed by atoms with Crippen molar-refractivity contribution in [3.63, 3.8) is 0 Å². The van der Waals surface area contributed by atoms with Crippen LogP contribution in [0.2, 0.25) is 0 Å². The van der Waals surface area contributed by atoms with Crippen molar-refractivity contribution in [3.05, 3.63) is 28.3 Å². The zero-order valence-corrected chi connectivity index (χ0v) is 16.0. The minimum atomic E-state index is -1.30. The first-order valence-electron chi connectivity index (χ1n) is 10.0. The summed E-state index contributed by atoms with van der Waals surface area (Å²) in [4.78, 5) is 14.9. The molecule has 4 aliphatic rings. The van der Waals surface area contributed by atoms with Gasteiger partial charge in [-0.25, -0.2) is 9.00 Å². The topological polar surface area (TPSA) is 61.4 Å². The first-order chi connectivity index (χ1) is 12.7. The summed E-state index contributed by atoms with van der Waals surface area (Å²) in [6.07, 6.45) is 9.33. The average molecular weight is 374 g/mol. The molecule has 1 saturated carbocycles. The van der Waals surface area contributed by atoms with Gasteiger partial charge in [-0.2, -0.15) is 0 Å². The molecule has 1 unspecified atom stereocenters. The molecule has 2 amide bonds. The Bertz CT molecular complexity index is 737. The molecule has 5 rings (SSSR count). The molecule has 0 bridgehead atoms. The Morgan fingerprint density at radius 2 is 1.73 bits per heavy atom. The maximum Gasteiger partial charge on any atom is 0.331 e. The van der Waals surface area contributed by atoms with Crippen LogP contribution in [0.15, 0.2) is 6.07 Å². The molecule has 0 spiro atoms. The molecule has 2 fully saturated rings. The summed E-state index contributed by atoms with van der Waals surface area (Å²) in [5.41, 5.74) is 6.44. The van der Waals surface area contributed by atoms with Crippen molar-refractivity contribution >= 4 is 22.7 Å². The number of amides is 2. The van der Waals surface area contributed by atoms with Gasteiger partial charge < -0.3 is 10.2 Å². The lowest BCUT2D eigenvalue weighted by atomic mass is 9.99. The smallest absolute Gasteiger partial charge is 0.307 e. The molecule has 3 aliphatic carbocycles. The van der Waals surface area contributed by atoms with Crippen LogP contribution in [0.1, 0.15) is 47.9 Å². The van der Waals surface area contributed by atoms with Gasteiger partial charge in [-0.05, 0) is 79.5 Å². The van der Waals surface area contributed by atoms with E-state index in [0.717, 1.165) is 56.9 Å². The van der Waals surface area contributed by atoms with Crippen molar-refractivity contribution in [2.75, 3.05) is 25.0 Å². The van der Waals surface area contributed by atoms with Crippen LogP contribution in [-0.4, -0.2) is 40.0 Å². The molecular weight excluding hydrogens is 346 g/mol. The molecule has 6 heteroatoms. The highest BCUT2D eigenvalue weighted by Crippen LogP contribution is 2.38. The zero-order valence-electron chi connectivity index (χ0n) is 15.2.